The molecule has 142 valence electrons. The lowest BCUT2D eigenvalue weighted by Gasteiger charge is -2.34. The lowest BCUT2D eigenvalue weighted by molar-refractivity contribution is -0.206. The molecule has 0 bridgehead atoms. The average molecular weight is 389 g/mol. The predicted octanol–water partition coefficient (Wildman–Crippen LogP) is 2.72. The van der Waals surface area contributed by atoms with Crippen LogP contribution in [0.4, 0.5) is 18.2 Å². The predicted molar refractivity (Wildman–Crippen MR) is 88.5 cm³/mol. The van der Waals surface area contributed by atoms with Crippen LogP contribution in [0.3, 0.4) is 0 Å². The molecule has 1 aliphatic rings. The first kappa shape index (κ1) is 20.0. The van der Waals surface area contributed by atoms with Gasteiger partial charge in [0.25, 0.3) is 0 Å². The van der Waals surface area contributed by atoms with Gasteiger partial charge < -0.3 is 15.4 Å². The van der Waals surface area contributed by atoms with Crippen LogP contribution < -0.4 is 10.6 Å². The zero-order valence-electron chi connectivity index (χ0n) is 14.4. The van der Waals surface area contributed by atoms with Crippen molar-refractivity contribution in [1.82, 2.24) is 5.32 Å². The van der Waals surface area contributed by atoms with Gasteiger partial charge in [0, 0.05) is 11.8 Å². The number of fused-ring (bicyclic) bond motifs is 1. The Balaban J connectivity index is 2.58. The molecule has 0 aliphatic heterocycles. The van der Waals surface area contributed by atoms with Crippen LogP contribution in [0.1, 0.15) is 36.3 Å². The van der Waals surface area contributed by atoms with E-state index in [0.29, 0.717) is 24.3 Å². The van der Waals surface area contributed by atoms with Gasteiger partial charge in [0.05, 0.1) is 12.7 Å². The molecule has 1 heterocycles. The summed E-state index contributed by atoms with van der Waals surface area (Å²) in [7, 11) is 0.790. The Bertz CT molecular complexity index is 769. The van der Waals surface area contributed by atoms with Gasteiger partial charge in [-0.3, -0.25) is 4.79 Å². The number of carbonyl (C=O) groups excluding carboxylic acids is 2. The van der Waals surface area contributed by atoms with E-state index in [2.05, 4.69) is 10.1 Å². The second kappa shape index (κ2) is 7.15. The van der Waals surface area contributed by atoms with Crippen LogP contribution in [0.25, 0.3) is 0 Å². The van der Waals surface area contributed by atoms with Gasteiger partial charge in [-0.2, -0.15) is 18.4 Å². The maximum absolute atomic E-state index is 13.8. The third-order valence-corrected chi connectivity index (χ3v) is 5.37. The van der Waals surface area contributed by atoms with Crippen molar-refractivity contribution in [2.45, 2.75) is 44.9 Å². The summed E-state index contributed by atoms with van der Waals surface area (Å²) in [6, 6.07) is 1.92. The smallest absolute Gasteiger partial charge is 0.441 e. The third kappa shape index (κ3) is 3.49. The van der Waals surface area contributed by atoms with Crippen LogP contribution in [0.2, 0.25) is 0 Å². The Morgan fingerprint density at radius 1 is 1.38 bits per heavy atom. The van der Waals surface area contributed by atoms with Crippen molar-refractivity contribution in [1.29, 1.82) is 5.26 Å². The molecular formula is C16H18F3N3O3S. The molecular weight excluding hydrogens is 371 g/mol. The number of nitriles is 1. The number of esters is 1. The highest BCUT2D eigenvalue weighted by molar-refractivity contribution is 7.16. The van der Waals surface area contributed by atoms with Crippen LogP contribution in [-0.2, 0) is 27.2 Å². The number of nitrogens with one attached hydrogen (secondary N) is 2. The minimum atomic E-state index is -5.20. The molecule has 0 saturated heterocycles. The number of nitrogens with zero attached hydrogens (tertiary/aromatic N) is 1. The highest BCUT2D eigenvalue weighted by Gasteiger charge is 2.63. The van der Waals surface area contributed by atoms with Crippen molar-refractivity contribution in [3.63, 3.8) is 0 Å². The molecule has 1 aromatic rings. The largest absolute Gasteiger partial charge is 0.466 e. The molecule has 10 heteroatoms. The lowest BCUT2D eigenvalue weighted by Crippen LogP contribution is -2.69. The van der Waals surface area contributed by atoms with Crippen molar-refractivity contribution in [3.05, 3.63) is 16.0 Å². The minimum absolute atomic E-state index is 0.0692. The summed E-state index contributed by atoms with van der Waals surface area (Å²) in [6.45, 7) is 2.88. The standard InChI is InChI=1S/C16H18F3N3O3S/c1-8-4-5-10-11(7-20)13(26-12(10)6-8)22-15(14(24)25-3,16(17,18)19)21-9(2)23/h8,22H,4-6H2,1-3H3,(H,21,23)/t8-,15+/m0/s1. The number of amides is 1. The van der Waals surface area contributed by atoms with E-state index in [0.717, 1.165) is 36.7 Å². The molecule has 0 aromatic carbocycles. The zero-order valence-corrected chi connectivity index (χ0v) is 15.2. The summed E-state index contributed by atoms with van der Waals surface area (Å²) in [4.78, 5) is 24.2. The number of hydrogen-bond acceptors (Lipinski definition) is 6. The van der Waals surface area contributed by atoms with Gasteiger partial charge in [-0.25, -0.2) is 4.79 Å². The first-order valence-electron chi connectivity index (χ1n) is 7.82. The molecule has 6 nitrogen and oxygen atoms in total. The van der Waals surface area contributed by atoms with Crippen molar-refractivity contribution in [3.8, 4) is 6.07 Å². The molecule has 0 saturated carbocycles. The Hall–Kier alpha value is -2.28. The molecule has 0 radical (unpaired) electrons. The minimum Gasteiger partial charge on any atom is -0.466 e. The number of thiophene rings is 1. The maximum atomic E-state index is 13.8. The van der Waals surface area contributed by atoms with Crippen LogP contribution in [0.5, 0.6) is 0 Å². The van der Waals surface area contributed by atoms with E-state index in [9.17, 15) is 28.0 Å². The maximum Gasteiger partial charge on any atom is 0.441 e. The zero-order chi connectivity index (χ0) is 19.7. The fourth-order valence-corrected chi connectivity index (χ4v) is 4.35. The summed E-state index contributed by atoms with van der Waals surface area (Å²) >= 11 is 0.996. The first-order valence-corrected chi connectivity index (χ1v) is 8.64. The SMILES string of the molecule is COC(=O)[C@@](NC(C)=O)(Nc1sc2c(c1C#N)CC[C@H](C)C2)C(F)(F)F. The number of ether oxygens (including phenoxy) is 1. The fourth-order valence-electron chi connectivity index (χ4n) is 2.94. The molecule has 2 N–H and O–H groups in total. The third-order valence-electron chi connectivity index (χ3n) is 4.20. The number of alkyl halides is 3. The van der Waals surface area contributed by atoms with Gasteiger partial charge in [-0.05, 0) is 30.7 Å². The monoisotopic (exact) mass is 389 g/mol. The average Bonchev–Trinajstić information content (AvgIpc) is 2.87. The first-order chi connectivity index (χ1) is 12.1. The number of rotatable bonds is 4. The fraction of sp³-hybridized carbons (Fsp3) is 0.562. The molecule has 1 aliphatic carbocycles. The molecule has 0 spiro atoms. The summed E-state index contributed by atoms with van der Waals surface area (Å²) in [5.41, 5.74) is -2.71. The number of hydrogen-bond donors (Lipinski definition) is 2. The molecule has 26 heavy (non-hydrogen) atoms. The summed E-state index contributed by atoms with van der Waals surface area (Å²) < 4.78 is 45.6. The van der Waals surface area contributed by atoms with E-state index in [1.165, 1.54) is 0 Å². The number of carbonyl (C=O) groups is 2. The lowest BCUT2D eigenvalue weighted by atomic mass is 9.88. The van der Waals surface area contributed by atoms with E-state index < -0.39 is 23.7 Å². The topological polar surface area (TPSA) is 91.2 Å². The summed E-state index contributed by atoms with van der Waals surface area (Å²) in [6.07, 6.45) is -3.15. The highest BCUT2D eigenvalue weighted by atomic mass is 32.1. The van der Waals surface area contributed by atoms with Crippen LogP contribution >= 0.6 is 11.3 Å². The molecule has 0 unspecified atom stereocenters. The van der Waals surface area contributed by atoms with Gasteiger partial charge in [0.1, 0.15) is 11.1 Å². The number of halogens is 3. The van der Waals surface area contributed by atoms with E-state index >= 15 is 0 Å². The summed E-state index contributed by atoms with van der Waals surface area (Å²) in [5.74, 6) is -2.44. The Labute approximate surface area is 152 Å². The molecule has 1 aromatic heterocycles. The van der Waals surface area contributed by atoms with Crippen molar-refractivity contribution >= 4 is 28.2 Å². The van der Waals surface area contributed by atoms with E-state index in [4.69, 9.17) is 0 Å². The van der Waals surface area contributed by atoms with Gasteiger partial charge in [0.15, 0.2) is 0 Å². The normalized spacial score (nSPS) is 18.9. The Kier molecular flexibility index (Phi) is 5.51. The van der Waals surface area contributed by atoms with Gasteiger partial charge in [0.2, 0.25) is 5.91 Å². The van der Waals surface area contributed by atoms with E-state index in [-0.39, 0.29) is 10.6 Å². The van der Waals surface area contributed by atoms with Crippen molar-refractivity contribution < 1.29 is 27.5 Å². The van der Waals surface area contributed by atoms with Crippen LogP contribution in [-0.4, -0.2) is 30.8 Å². The van der Waals surface area contributed by atoms with Gasteiger partial charge >= 0.3 is 17.8 Å². The van der Waals surface area contributed by atoms with Gasteiger partial charge in [-0.1, -0.05) is 6.92 Å². The van der Waals surface area contributed by atoms with Gasteiger partial charge in [-0.15, -0.1) is 11.3 Å². The van der Waals surface area contributed by atoms with E-state index in [1.807, 2.05) is 13.0 Å². The Morgan fingerprint density at radius 3 is 2.54 bits per heavy atom. The highest BCUT2D eigenvalue weighted by Crippen LogP contribution is 2.42. The molecule has 2 atom stereocenters. The van der Waals surface area contributed by atoms with Crippen LogP contribution in [0, 0.1) is 17.2 Å². The molecule has 0 fully saturated rings. The van der Waals surface area contributed by atoms with Crippen molar-refractivity contribution in [2.24, 2.45) is 5.92 Å². The second-order valence-corrected chi connectivity index (χ2v) is 7.32. The number of anilines is 1. The quantitative estimate of drug-likeness (QED) is 0.610. The van der Waals surface area contributed by atoms with Crippen molar-refractivity contribution in [2.75, 3.05) is 12.4 Å². The molecule has 2 rings (SSSR count). The van der Waals surface area contributed by atoms with E-state index in [1.54, 1.807) is 5.32 Å². The summed E-state index contributed by atoms with van der Waals surface area (Å²) in [5, 5.41) is 13.0. The number of methoxy groups -OCH3 is 1. The van der Waals surface area contributed by atoms with Crippen LogP contribution in [0.15, 0.2) is 0 Å². The Morgan fingerprint density at radius 2 is 2.04 bits per heavy atom. The molecule has 1 amide bonds. The second-order valence-electron chi connectivity index (χ2n) is 6.21.